The molecule has 3 heteroatoms. The van der Waals surface area contributed by atoms with E-state index in [4.69, 9.17) is 0 Å². The predicted octanol–water partition coefficient (Wildman–Crippen LogP) is 3.74. The van der Waals surface area contributed by atoms with E-state index in [0.29, 0.717) is 6.42 Å². The van der Waals surface area contributed by atoms with Gasteiger partial charge in [-0.15, -0.1) is 0 Å². The Kier molecular flexibility index (Phi) is 4.14. The van der Waals surface area contributed by atoms with Gasteiger partial charge >= 0.3 is 5.97 Å². The Labute approximate surface area is 105 Å². The second kappa shape index (κ2) is 5.00. The van der Waals surface area contributed by atoms with Gasteiger partial charge in [0.15, 0.2) is 0 Å². The molecule has 0 aromatic heterocycles. The van der Waals surface area contributed by atoms with Crippen LogP contribution >= 0.6 is 15.9 Å². The third-order valence-corrected chi connectivity index (χ3v) is 3.50. The van der Waals surface area contributed by atoms with Gasteiger partial charge in [0, 0.05) is 4.47 Å². The van der Waals surface area contributed by atoms with Crippen molar-refractivity contribution in [3.05, 3.63) is 34.3 Å². The summed E-state index contributed by atoms with van der Waals surface area (Å²) in [6.45, 7) is 5.88. The molecule has 1 aromatic carbocycles. The monoisotopic (exact) mass is 284 g/mol. The fraction of sp³-hybridized carbons (Fsp3) is 0.462. The molecule has 0 aliphatic rings. The number of hydrogen-bond acceptors (Lipinski definition) is 1. The van der Waals surface area contributed by atoms with Crippen molar-refractivity contribution >= 4 is 21.9 Å². The minimum absolute atomic E-state index is 0.235. The second-order valence-electron chi connectivity index (χ2n) is 5.05. The molecule has 1 aromatic rings. The minimum Gasteiger partial charge on any atom is -0.481 e. The van der Waals surface area contributed by atoms with Crippen molar-refractivity contribution in [1.82, 2.24) is 0 Å². The summed E-state index contributed by atoms with van der Waals surface area (Å²) in [5.74, 6) is -1.10. The lowest BCUT2D eigenvalue weighted by Gasteiger charge is -2.27. The van der Waals surface area contributed by atoms with Crippen LogP contribution in [0.5, 0.6) is 0 Å². The highest BCUT2D eigenvalue weighted by atomic mass is 79.9. The van der Waals surface area contributed by atoms with Crippen LogP contribution in [-0.4, -0.2) is 11.1 Å². The molecule has 0 aliphatic heterocycles. The molecule has 0 radical (unpaired) electrons. The van der Waals surface area contributed by atoms with E-state index in [9.17, 15) is 9.90 Å². The van der Waals surface area contributed by atoms with Crippen LogP contribution in [0.4, 0.5) is 0 Å². The molecule has 0 heterocycles. The summed E-state index contributed by atoms with van der Waals surface area (Å²) in [6, 6.07) is 7.77. The minimum atomic E-state index is -0.733. The maximum absolute atomic E-state index is 11.2. The standard InChI is InChI=1S/C13H17BrO2/c1-13(2,3)10(12(15)16)8-9-6-4-5-7-11(9)14/h4-7,10H,8H2,1-3H3,(H,15,16). The van der Waals surface area contributed by atoms with Crippen molar-refractivity contribution in [3.63, 3.8) is 0 Å². The molecule has 0 saturated heterocycles. The molecule has 0 amide bonds. The van der Waals surface area contributed by atoms with E-state index in [0.717, 1.165) is 10.0 Å². The van der Waals surface area contributed by atoms with Crippen LogP contribution in [0.3, 0.4) is 0 Å². The van der Waals surface area contributed by atoms with Gasteiger partial charge in [-0.25, -0.2) is 0 Å². The summed E-state index contributed by atoms with van der Waals surface area (Å²) >= 11 is 3.45. The van der Waals surface area contributed by atoms with Crippen molar-refractivity contribution in [2.45, 2.75) is 27.2 Å². The summed E-state index contributed by atoms with van der Waals surface area (Å²) in [5, 5.41) is 9.25. The first-order valence-corrected chi connectivity index (χ1v) is 6.08. The Balaban J connectivity index is 2.94. The molecular weight excluding hydrogens is 268 g/mol. The molecule has 0 aliphatic carbocycles. The zero-order valence-electron chi connectivity index (χ0n) is 9.83. The molecule has 1 rings (SSSR count). The van der Waals surface area contributed by atoms with Gasteiger partial charge in [-0.05, 0) is 23.5 Å². The Bertz CT molecular complexity index is 380. The predicted molar refractivity (Wildman–Crippen MR) is 68.4 cm³/mol. The van der Waals surface area contributed by atoms with E-state index in [-0.39, 0.29) is 11.3 Å². The van der Waals surface area contributed by atoms with E-state index in [1.165, 1.54) is 0 Å². The number of hydrogen-bond donors (Lipinski definition) is 1. The third kappa shape index (κ3) is 3.34. The highest BCUT2D eigenvalue weighted by Crippen LogP contribution is 2.31. The van der Waals surface area contributed by atoms with Crippen molar-refractivity contribution in [1.29, 1.82) is 0 Å². The number of carboxylic acids is 1. The average molecular weight is 285 g/mol. The Morgan fingerprint density at radius 1 is 1.38 bits per heavy atom. The van der Waals surface area contributed by atoms with Crippen LogP contribution in [0, 0.1) is 11.3 Å². The van der Waals surface area contributed by atoms with E-state index >= 15 is 0 Å². The number of carbonyl (C=O) groups is 1. The highest BCUT2D eigenvalue weighted by molar-refractivity contribution is 9.10. The molecule has 1 atom stereocenters. The molecule has 2 nitrogen and oxygen atoms in total. The number of halogens is 1. The molecule has 16 heavy (non-hydrogen) atoms. The highest BCUT2D eigenvalue weighted by Gasteiger charge is 2.31. The molecule has 1 unspecified atom stereocenters. The molecular formula is C13H17BrO2. The Hall–Kier alpha value is -0.830. The van der Waals surface area contributed by atoms with Crippen LogP contribution in [0.1, 0.15) is 26.3 Å². The quantitative estimate of drug-likeness (QED) is 0.918. The lowest BCUT2D eigenvalue weighted by Crippen LogP contribution is -2.30. The average Bonchev–Trinajstić information content (AvgIpc) is 2.14. The Morgan fingerprint density at radius 2 is 1.94 bits per heavy atom. The van der Waals surface area contributed by atoms with E-state index in [1.54, 1.807) is 0 Å². The maximum Gasteiger partial charge on any atom is 0.307 e. The van der Waals surface area contributed by atoms with Crippen LogP contribution in [0.15, 0.2) is 28.7 Å². The zero-order valence-corrected chi connectivity index (χ0v) is 11.4. The smallest absolute Gasteiger partial charge is 0.307 e. The first-order valence-electron chi connectivity index (χ1n) is 5.28. The molecule has 0 bridgehead atoms. The van der Waals surface area contributed by atoms with Crippen LogP contribution < -0.4 is 0 Å². The number of carboxylic acid groups (broad SMARTS) is 1. The van der Waals surface area contributed by atoms with Crippen molar-refractivity contribution in [2.75, 3.05) is 0 Å². The van der Waals surface area contributed by atoms with Crippen LogP contribution in [0.2, 0.25) is 0 Å². The first-order chi connectivity index (χ1) is 7.32. The summed E-state index contributed by atoms with van der Waals surface area (Å²) < 4.78 is 0.977. The van der Waals surface area contributed by atoms with Crippen LogP contribution in [-0.2, 0) is 11.2 Å². The SMILES string of the molecule is CC(C)(C)C(Cc1ccccc1Br)C(=O)O. The lowest BCUT2D eigenvalue weighted by molar-refractivity contribution is -0.145. The van der Waals surface area contributed by atoms with Gasteiger partial charge in [0.1, 0.15) is 0 Å². The molecule has 88 valence electrons. The van der Waals surface area contributed by atoms with Crippen molar-refractivity contribution in [3.8, 4) is 0 Å². The number of rotatable bonds is 3. The summed E-state index contributed by atoms with van der Waals surface area (Å²) in [7, 11) is 0. The topological polar surface area (TPSA) is 37.3 Å². The first kappa shape index (κ1) is 13.2. The van der Waals surface area contributed by atoms with Crippen molar-refractivity contribution < 1.29 is 9.90 Å². The zero-order chi connectivity index (χ0) is 12.3. The fourth-order valence-electron chi connectivity index (χ4n) is 1.65. The lowest BCUT2D eigenvalue weighted by atomic mass is 9.77. The third-order valence-electron chi connectivity index (χ3n) is 2.73. The van der Waals surface area contributed by atoms with Crippen molar-refractivity contribution in [2.24, 2.45) is 11.3 Å². The van der Waals surface area contributed by atoms with E-state index < -0.39 is 5.97 Å². The Morgan fingerprint density at radius 3 is 2.38 bits per heavy atom. The van der Waals surface area contributed by atoms with Crippen LogP contribution in [0.25, 0.3) is 0 Å². The van der Waals surface area contributed by atoms with E-state index in [1.807, 2.05) is 45.0 Å². The van der Waals surface area contributed by atoms with Gasteiger partial charge in [-0.1, -0.05) is 54.9 Å². The van der Waals surface area contributed by atoms with E-state index in [2.05, 4.69) is 15.9 Å². The van der Waals surface area contributed by atoms with Gasteiger partial charge in [0.2, 0.25) is 0 Å². The summed E-state index contributed by atoms with van der Waals surface area (Å²) in [6.07, 6.45) is 0.556. The van der Waals surface area contributed by atoms with Gasteiger partial charge in [-0.2, -0.15) is 0 Å². The van der Waals surface area contributed by atoms with Gasteiger partial charge in [-0.3, -0.25) is 4.79 Å². The largest absolute Gasteiger partial charge is 0.481 e. The van der Waals surface area contributed by atoms with Gasteiger partial charge < -0.3 is 5.11 Å². The molecule has 1 N–H and O–H groups in total. The second-order valence-corrected chi connectivity index (χ2v) is 5.91. The number of benzene rings is 1. The molecule has 0 fully saturated rings. The van der Waals surface area contributed by atoms with Gasteiger partial charge in [0.25, 0.3) is 0 Å². The maximum atomic E-state index is 11.2. The molecule has 0 spiro atoms. The summed E-state index contributed by atoms with van der Waals surface area (Å²) in [4.78, 5) is 11.2. The number of aliphatic carboxylic acids is 1. The summed E-state index contributed by atoms with van der Waals surface area (Å²) in [5.41, 5.74) is 0.811. The molecule has 0 saturated carbocycles. The normalized spacial score (nSPS) is 13.5. The van der Waals surface area contributed by atoms with Gasteiger partial charge in [0.05, 0.1) is 5.92 Å². The fourth-order valence-corrected chi connectivity index (χ4v) is 2.09.